The summed E-state index contributed by atoms with van der Waals surface area (Å²) in [4.78, 5) is 41.1. The van der Waals surface area contributed by atoms with Crippen molar-refractivity contribution in [1.29, 1.82) is 0 Å². The van der Waals surface area contributed by atoms with Crippen LogP contribution in [0.5, 0.6) is 23.0 Å². The molecule has 3 amide bonds. The third-order valence-corrected chi connectivity index (χ3v) is 8.31. The summed E-state index contributed by atoms with van der Waals surface area (Å²) in [6.45, 7) is 0.0843. The van der Waals surface area contributed by atoms with Crippen LogP contribution in [0.3, 0.4) is 0 Å². The van der Waals surface area contributed by atoms with Crippen molar-refractivity contribution in [1.82, 2.24) is 15.5 Å². The Hall–Kier alpha value is -4.97. The quantitative estimate of drug-likeness (QED) is 0.324. The Morgan fingerprint density at radius 3 is 2.62 bits per heavy atom. The molecule has 6 rings (SSSR count). The van der Waals surface area contributed by atoms with E-state index < -0.39 is 29.8 Å². The van der Waals surface area contributed by atoms with Crippen molar-refractivity contribution >= 4 is 40.3 Å². The molecule has 3 aromatic carbocycles. The van der Waals surface area contributed by atoms with Crippen LogP contribution in [0.1, 0.15) is 34.5 Å². The highest BCUT2D eigenvalue weighted by Crippen LogP contribution is 2.33. The van der Waals surface area contributed by atoms with Crippen LogP contribution in [0.15, 0.2) is 59.0 Å². The molecule has 0 saturated carbocycles. The van der Waals surface area contributed by atoms with Gasteiger partial charge in [-0.2, -0.15) is 0 Å². The van der Waals surface area contributed by atoms with Gasteiger partial charge in [0.25, 0.3) is 11.8 Å². The van der Waals surface area contributed by atoms with Gasteiger partial charge in [-0.3, -0.25) is 14.4 Å². The number of methoxy groups -OCH3 is 2. The first kappa shape index (κ1) is 32.0. The van der Waals surface area contributed by atoms with Gasteiger partial charge < -0.3 is 38.9 Å². The van der Waals surface area contributed by atoms with Crippen LogP contribution in [0.25, 0.3) is 11.0 Å². The molecule has 0 spiro atoms. The zero-order valence-electron chi connectivity index (χ0n) is 25.8. The monoisotopic (exact) mass is 665 g/mol. The van der Waals surface area contributed by atoms with Gasteiger partial charge in [-0.25, -0.2) is 4.39 Å². The second kappa shape index (κ2) is 13.8. The van der Waals surface area contributed by atoms with Crippen molar-refractivity contribution in [3.63, 3.8) is 0 Å². The maximum atomic E-state index is 14.7. The molecular weight excluding hydrogens is 633 g/mol. The largest absolute Gasteiger partial charge is 0.493 e. The lowest BCUT2D eigenvalue weighted by Gasteiger charge is -2.38. The predicted octanol–water partition coefficient (Wildman–Crippen LogP) is 4.66. The maximum Gasteiger partial charge on any atom is 0.289 e. The molecule has 47 heavy (non-hydrogen) atoms. The summed E-state index contributed by atoms with van der Waals surface area (Å²) in [6.07, 6.45) is 0.290. The molecule has 2 N–H and O–H groups in total. The second-order valence-electron chi connectivity index (χ2n) is 11.4. The number of aryl methyl sites for hydroxylation is 1. The molecule has 4 bridgehead atoms. The standard InChI is InChI=1S/C34H33ClFN3O8/c1-43-27-5-3-19-4-6-31(40)37-16-20-9-23(36)15-24(10-20)46-26-7-8-39(17-25(26)38-32(41)18-45-28(27)11-19)34(42)30-13-21-12-22(35)14-29(44-2)33(21)47-30/h3,5,9-15,25-26H,4,6-8,16-18H2,1-2H3,(H,37,40)(H,38,41)/t25-,26-/m1/s1. The van der Waals surface area contributed by atoms with Gasteiger partial charge in [-0.1, -0.05) is 17.7 Å². The molecular formula is C34H33ClFN3O8. The fourth-order valence-corrected chi connectivity index (χ4v) is 6.00. The van der Waals surface area contributed by atoms with E-state index in [1.807, 2.05) is 6.07 Å². The van der Waals surface area contributed by atoms with E-state index >= 15 is 0 Å². The highest BCUT2D eigenvalue weighted by Gasteiger charge is 2.36. The minimum atomic E-state index is -0.698. The number of hydrogen-bond acceptors (Lipinski definition) is 8. The van der Waals surface area contributed by atoms with Gasteiger partial charge in [-0.15, -0.1) is 0 Å². The van der Waals surface area contributed by atoms with Crippen molar-refractivity contribution in [2.75, 3.05) is 33.9 Å². The van der Waals surface area contributed by atoms with Gasteiger partial charge in [0.15, 0.2) is 35.2 Å². The average molecular weight is 666 g/mol. The van der Waals surface area contributed by atoms with Gasteiger partial charge in [-0.05, 0) is 53.9 Å². The Labute approximate surface area is 274 Å². The number of amides is 3. The Balaban J connectivity index is 1.27. The van der Waals surface area contributed by atoms with Crippen molar-refractivity contribution in [2.24, 2.45) is 0 Å². The van der Waals surface area contributed by atoms with Crippen molar-refractivity contribution in [2.45, 2.75) is 38.0 Å². The third-order valence-electron chi connectivity index (χ3n) is 8.10. The number of piperidine rings is 1. The summed E-state index contributed by atoms with van der Waals surface area (Å²) in [5.74, 6) is -0.114. The van der Waals surface area contributed by atoms with E-state index in [9.17, 15) is 18.8 Å². The van der Waals surface area contributed by atoms with Gasteiger partial charge in [0.2, 0.25) is 5.91 Å². The zero-order valence-corrected chi connectivity index (χ0v) is 26.5. The SMILES string of the molecule is COc1ccc2cc1OCC(=O)N[C@@H]1CN(C(=O)c3cc4cc(Cl)cc(OC)c4o3)CC[C@H]1Oc1cc(F)cc(c1)CNC(=O)CC2. The van der Waals surface area contributed by atoms with Crippen LogP contribution < -0.4 is 29.6 Å². The number of fused-ring (bicyclic) bond motifs is 6. The molecule has 1 aromatic heterocycles. The molecule has 4 aromatic rings. The van der Waals surface area contributed by atoms with E-state index in [0.717, 1.165) is 5.56 Å². The first-order chi connectivity index (χ1) is 22.7. The van der Waals surface area contributed by atoms with E-state index in [4.69, 9.17) is 35.0 Å². The number of nitrogens with one attached hydrogen (secondary N) is 2. The number of carbonyl (C=O) groups excluding carboxylic acids is 3. The fourth-order valence-electron chi connectivity index (χ4n) is 5.79. The Morgan fingerprint density at radius 1 is 0.979 bits per heavy atom. The highest BCUT2D eigenvalue weighted by atomic mass is 35.5. The lowest BCUT2D eigenvalue weighted by atomic mass is 10.0. The average Bonchev–Trinajstić information content (AvgIpc) is 3.49. The lowest BCUT2D eigenvalue weighted by molar-refractivity contribution is -0.125. The van der Waals surface area contributed by atoms with Crippen molar-refractivity contribution in [3.8, 4) is 23.0 Å². The summed E-state index contributed by atoms with van der Waals surface area (Å²) in [6, 6.07) is 13.6. The number of hydrogen-bond donors (Lipinski definition) is 2. The molecule has 13 heteroatoms. The number of nitrogens with zero attached hydrogens (tertiary/aromatic N) is 1. The molecule has 2 atom stereocenters. The van der Waals surface area contributed by atoms with E-state index in [1.165, 1.54) is 26.4 Å². The lowest BCUT2D eigenvalue weighted by Crippen LogP contribution is -2.58. The molecule has 11 nitrogen and oxygen atoms in total. The van der Waals surface area contributed by atoms with Crippen LogP contribution in [-0.4, -0.2) is 68.7 Å². The van der Waals surface area contributed by atoms with Gasteiger partial charge in [0.1, 0.15) is 17.7 Å². The predicted molar refractivity (Wildman–Crippen MR) is 170 cm³/mol. The number of rotatable bonds is 3. The normalized spacial score (nSPS) is 18.9. The molecule has 2 aliphatic rings. The zero-order chi connectivity index (χ0) is 33.1. The van der Waals surface area contributed by atoms with E-state index in [0.29, 0.717) is 51.6 Å². The van der Waals surface area contributed by atoms with Gasteiger partial charge in [0, 0.05) is 55.0 Å². The van der Waals surface area contributed by atoms with Crippen LogP contribution in [0.4, 0.5) is 4.39 Å². The van der Waals surface area contributed by atoms with Gasteiger partial charge in [0.05, 0.1) is 20.3 Å². The third kappa shape index (κ3) is 7.38. The van der Waals surface area contributed by atoms with Crippen LogP contribution >= 0.6 is 11.6 Å². The number of likely N-dealkylation sites (tertiary alicyclic amines) is 1. The molecule has 1 fully saturated rings. The minimum Gasteiger partial charge on any atom is -0.493 e. The Morgan fingerprint density at radius 2 is 1.81 bits per heavy atom. The Bertz CT molecular complexity index is 1830. The molecule has 1 saturated heterocycles. The van der Waals surface area contributed by atoms with E-state index in [2.05, 4.69) is 10.6 Å². The molecule has 3 heterocycles. The molecule has 2 aliphatic heterocycles. The molecule has 0 unspecified atom stereocenters. The van der Waals surface area contributed by atoms with Crippen molar-refractivity contribution in [3.05, 3.63) is 82.3 Å². The minimum absolute atomic E-state index is 0.0706. The van der Waals surface area contributed by atoms with Crippen LogP contribution in [0, 0.1) is 5.82 Å². The highest BCUT2D eigenvalue weighted by molar-refractivity contribution is 6.31. The fraction of sp³-hybridized carbons (Fsp3) is 0.324. The number of carbonyl (C=O) groups is 3. The summed E-state index contributed by atoms with van der Waals surface area (Å²) in [7, 11) is 2.98. The molecule has 246 valence electrons. The van der Waals surface area contributed by atoms with E-state index in [1.54, 1.807) is 41.3 Å². The first-order valence-electron chi connectivity index (χ1n) is 15.1. The summed E-state index contributed by atoms with van der Waals surface area (Å²) in [5.41, 5.74) is 1.71. The van der Waals surface area contributed by atoms with E-state index in [-0.39, 0.29) is 50.1 Å². The summed E-state index contributed by atoms with van der Waals surface area (Å²) in [5, 5.41) is 6.81. The van der Waals surface area contributed by atoms with Crippen LogP contribution in [-0.2, 0) is 22.6 Å². The number of benzene rings is 3. The number of halogens is 2. The van der Waals surface area contributed by atoms with Gasteiger partial charge >= 0.3 is 0 Å². The number of ether oxygens (including phenoxy) is 4. The smallest absolute Gasteiger partial charge is 0.289 e. The first-order valence-corrected chi connectivity index (χ1v) is 15.4. The maximum absolute atomic E-state index is 14.7. The molecule has 0 aliphatic carbocycles. The molecule has 0 radical (unpaired) electrons. The Kier molecular flexibility index (Phi) is 9.39. The second-order valence-corrected chi connectivity index (χ2v) is 11.8. The summed E-state index contributed by atoms with van der Waals surface area (Å²) >= 11 is 6.20. The van der Waals surface area contributed by atoms with Crippen LogP contribution in [0.2, 0.25) is 5.02 Å². The topological polar surface area (TPSA) is 129 Å². The number of furan rings is 1. The van der Waals surface area contributed by atoms with Crippen molar-refractivity contribution < 1.29 is 42.1 Å². The summed E-state index contributed by atoms with van der Waals surface area (Å²) < 4.78 is 43.4.